The van der Waals surface area contributed by atoms with Crippen molar-refractivity contribution < 1.29 is 14.3 Å². The zero-order valence-electron chi connectivity index (χ0n) is 27.3. The molecular weight excluding hydrogens is 494 g/mol. The van der Waals surface area contributed by atoms with Crippen molar-refractivity contribution in [2.24, 2.45) is 40.4 Å². The molecule has 3 saturated carbocycles. The van der Waals surface area contributed by atoms with Gasteiger partial charge in [0.2, 0.25) is 0 Å². The molecule has 4 aliphatic rings. The largest absolute Gasteiger partial charge is 0.446 e. The van der Waals surface area contributed by atoms with Gasteiger partial charge in [0.1, 0.15) is 6.10 Å². The lowest BCUT2D eigenvalue weighted by atomic mass is 9.47. The number of carbonyl (C=O) groups is 1. The van der Waals surface area contributed by atoms with Crippen molar-refractivity contribution in [3.63, 3.8) is 0 Å². The number of unbranched alkanes of at least 4 members (excludes halogenated alkanes) is 3. The van der Waals surface area contributed by atoms with Crippen LogP contribution in [0.3, 0.4) is 0 Å². The molecule has 230 valence electrons. The number of rotatable bonds is 13. The number of fused-ring (bicyclic) bond motifs is 5. The molecule has 0 aromatic carbocycles. The molecule has 1 N–H and O–H groups in total. The fourth-order valence-electron chi connectivity index (χ4n) is 9.84. The summed E-state index contributed by atoms with van der Waals surface area (Å²) in [6.45, 7) is 17.9. The van der Waals surface area contributed by atoms with Gasteiger partial charge in [0.05, 0.1) is 5.60 Å². The van der Waals surface area contributed by atoms with Crippen LogP contribution in [0.2, 0.25) is 0 Å². The summed E-state index contributed by atoms with van der Waals surface area (Å²) in [4.78, 5) is 12.7. The van der Waals surface area contributed by atoms with E-state index >= 15 is 0 Å². The van der Waals surface area contributed by atoms with Gasteiger partial charge in [-0.2, -0.15) is 0 Å². The molecule has 40 heavy (non-hydrogen) atoms. The van der Waals surface area contributed by atoms with Crippen molar-refractivity contribution >= 4 is 6.09 Å². The summed E-state index contributed by atoms with van der Waals surface area (Å²) in [6, 6.07) is 0. The Labute approximate surface area is 247 Å². The standard InChI is InChI=1S/C36H63NO3/c1-8-10-12-13-26(3)30-16-17-31-29-15-14-27-25-28(18-20-35(27,6)32(29)19-21-36(30,31)7)40-33(38)37-23-22-34(4,5)39-24-11-9-2/h14,26,28-32H,8-13,15-25H2,1-7H3,(H,37,38)/t26-,28+,29?,30?,31?,32?,35+,36-/m1/s1. The maximum absolute atomic E-state index is 12.7. The number of allylic oxidation sites excluding steroid dienone is 1. The number of ether oxygens (including phenoxy) is 2. The molecule has 4 aliphatic carbocycles. The van der Waals surface area contributed by atoms with Gasteiger partial charge >= 0.3 is 6.09 Å². The second-order valence-corrected chi connectivity index (χ2v) is 15.4. The Bertz CT molecular complexity index is 866. The van der Waals surface area contributed by atoms with Crippen LogP contribution in [-0.4, -0.2) is 30.9 Å². The highest BCUT2D eigenvalue weighted by Crippen LogP contribution is 2.67. The van der Waals surface area contributed by atoms with Crippen molar-refractivity contribution in [1.29, 1.82) is 0 Å². The first-order valence-corrected chi connectivity index (χ1v) is 17.3. The lowest BCUT2D eigenvalue weighted by Gasteiger charge is -2.58. The van der Waals surface area contributed by atoms with Crippen molar-refractivity contribution in [3.05, 3.63) is 11.6 Å². The van der Waals surface area contributed by atoms with E-state index < -0.39 is 0 Å². The number of carbonyl (C=O) groups excluding carboxylic acids is 1. The maximum Gasteiger partial charge on any atom is 0.407 e. The van der Waals surface area contributed by atoms with Crippen LogP contribution in [0.4, 0.5) is 4.79 Å². The van der Waals surface area contributed by atoms with Crippen LogP contribution in [0.5, 0.6) is 0 Å². The third kappa shape index (κ3) is 6.95. The van der Waals surface area contributed by atoms with Gasteiger partial charge in [-0.15, -0.1) is 0 Å². The van der Waals surface area contributed by atoms with E-state index in [2.05, 4.69) is 59.9 Å². The molecule has 4 rings (SSSR count). The van der Waals surface area contributed by atoms with Crippen molar-refractivity contribution in [3.8, 4) is 0 Å². The van der Waals surface area contributed by atoms with Crippen molar-refractivity contribution in [2.45, 2.75) is 156 Å². The highest BCUT2D eigenvalue weighted by atomic mass is 16.6. The first-order valence-electron chi connectivity index (χ1n) is 17.3. The fourth-order valence-corrected chi connectivity index (χ4v) is 9.84. The van der Waals surface area contributed by atoms with E-state index in [9.17, 15) is 4.79 Å². The summed E-state index contributed by atoms with van der Waals surface area (Å²) in [6.07, 6.45) is 21.0. The predicted molar refractivity (Wildman–Crippen MR) is 166 cm³/mol. The molecule has 4 heteroatoms. The van der Waals surface area contributed by atoms with Crippen LogP contribution in [0.25, 0.3) is 0 Å². The molecule has 4 nitrogen and oxygen atoms in total. The molecule has 0 aromatic rings. The molecule has 0 saturated heterocycles. The van der Waals surface area contributed by atoms with Gasteiger partial charge in [0, 0.05) is 19.6 Å². The molecule has 0 aliphatic heterocycles. The minimum absolute atomic E-state index is 0.0124. The molecule has 4 unspecified atom stereocenters. The van der Waals surface area contributed by atoms with Gasteiger partial charge in [-0.25, -0.2) is 4.79 Å². The van der Waals surface area contributed by atoms with Gasteiger partial charge in [-0.1, -0.05) is 78.4 Å². The predicted octanol–water partition coefficient (Wildman–Crippen LogP) is 9.86. The highest BCUT2D eigenvalue weighted by molar-refractivity contribution is 5.67. The fraction of sp³-hybridized carbons (Fsp3) is 0.917. The zero-order chi connectivity index (χ0) is 29.0. The topological polar surface area (TPSA) is 47.6 Å². The number of hydrogen-bond donors (Lipinski definition) is 1. The van der Waals surface area contributed by atoms with E-state index in [1.165, 1.54) is 57.8 Å². The second-order valence-electron chi connectivity index (χ2n) is 15.4. The molecule has 8 atom stereocenters. The van der Waals surface area contributed by atoms with E-state index in [-0.39, 0.29) is 17.8 Å². The van der Waals surface area contributed by atoms with Crippen molar-refractivity contribution in [2.75, 3.05) is 13.2 Å². The number of nitrogens with one attached hydrogen (secondary N) is 1. The Morgan fingerprint density at radius 3 is 2.58 bits per heavy atom. The number of amides is 1. The van der Waals surface area contributed by atoms with E-state index in [1.807, 2.05) is 0 Å². The lowest BCUT2D eigenvalue weighted by molar-refractivity contribution is -0.0582. The SMILES string of the molecule is CCCCC[C@@H](C)C1CCC2C3CC=C4C[C@@H](OC(=O)NCCC(C)(C)OCCCC)CC[C@]4(C)C3CC[C@@]21C. The van der Waals surface area contributed by atoms with Gasteiger partial charge in [0.25, 0.3) is 0 Å². The monoisotopic (exact) mass is 557 g/mol. The first-order chi connectivity index (χ1) is 19.0. The summed E-state index contributed by atoms with van der Waals surface area (Å²) < 4.78 is 12.0. The molecule has 0 aromatic heterocycles. The molecule has 0 heterocycles. The molecular formula is C36H63NO3. The molecule has 0 bridgehead atoms. The Morgan fingerprint density at radius 2 is 1.82 bits per heavy atom. The van der Waals surface area contributed by atoms with Gasteiger partial charge in [0.15, 0.2) is 0 Å². The van der Waals surface area contributed by atoms with E-state index in [0.29, 0.717) is 17.4 Å². The molecule has 0 spiro atoms. The summed E-state index contributed by atoms with van der Waals surface area (Å²) in [7, 11) is 0. The highest BCUT2D eigenvalue weighted by Gasteiger charge is 2.59. The van der Waals surface area contributed by atoms with E-state index in [4.69, 9.17) is 9.47 Å². The Balaban J connectivity index is 1.30. The summed E-state index contributed by atoms with van der Waals surface area (Å²) >= 11 is 0. The van der Waals surface area contributed by atoms with Gasteiger partial charge < -0.3 is 14.8 Å². The normalized spacial score (nSPS) is 36.2. The average Bonchev–Trinajstić information content (AvgIpc) is 3.26. The van der Waals surface area contributed by atoms with E-state index in [0.717, 1.165) is 74.7 Å². The third-order valence-corrected chi connectivity index (χ3v) is 12.3. The van der Waals surface area contributed by atoms with Crippen LogP contribution in [-0.2, 0) is 9.47 Å². The smallest absolute Gasteiger partial charge is 0.407 e. The molecule has 0 radical (unpaired) electrons. The number of hydrogen-bond acceptors (Lipinski definition) is 3. The molecule has 1 amide bonds. The van der Waals surface area contributed by atoms with Crippen LogP contribution < -0.4 is 5.32 Å². The molecule has 3 fully saturated rings. The second kappa shape index (κ2) is 13.5. The van der Waals surface area contributed by atoms with Gasteiger partial charge in [-0.3, -0.25) is 0 Å². The number of alkyl carbamates (subject to hydrolysis) is 1. The first kappa shape index (κ1) is 31.9. The van der Waals surface area contributed by atoms with Crippen molar-refractivity contribution in [1.82, 2.24) is 5.32 Å². The maximum atomic E-state index is 12.7. The van der Waals surface area contributed by atoms with Crippen LogP contribution in [0, 0.1) is 40.4 Å². The van der Waals surface area contributed by atoms with Crippen LogP contribution in [0.15, 0.2) is 11.6 Å². The summed E-state index contributed by atoms with van der Waals surface area (Å²) in [5.41, 5.74) is 2.21. The summed E-state index contributed by atoms with van der Waals surface area (Å²) in [5, 5.41) is 3.00. The minimum Gasteiger partial charge on any atom is -0.446 e. The summed E-state index contributed by atoms with van der Waals surface area (Å²) in [5.74, 6) is 4.36. The van der Waals surface area contributed by atoms with Crippen LogP contribution >= 0.6 is 0 Å². The van der Waals surface area contributed by atoms with Gasteiger partial charge in [-0.05, 0) is 112 Å². The third-order valence-electron chi connectivity index (χ3n) is 12.3. The quantitative estimate of drug-likeness (QED) is 0.181. The Morgan fingerprint density at radius 1 is 1.05 bits per heavy atom. The van der Waals surface area contributed by atoms with Crippen LogP contribution in [0.1, 0.15) is 145 Å². The Hall–Kier alpha value is -1.03. The lowest BCUT2D eigenvalue weighted by Crippen LogP contribution is -2.51. The zero-order valence-corrected chi connectivity index (χ0v) is 27.3. The van der Waals surface area contributed by atoms with E-state index in [1.54, 1.807) is 5.57 Å². The Kier molecular flexibility index (Phi) is 10.8. The minimum atomic E-state index is -0.259. The average molecular weight is 558 g/mol.